The predicted molar refractivity (Wildman–Crippen MR) is 84.7 cm³/mol. The highest BCUT2D eigenvalue weighted by Crippen LogP contribution is 2.33. The van der Waals surface area contributed by atoms with Crippen LogP contribution in [-0.2, 0) is 0 Å². The summed E-state index contributed by atoms with van der Waals surface area (Å²) in [5, 5.41) is 0.333. The van der Waals surface area contributed by atoms with E-state index in [1.54, 1.807) is 19.4 Å². The number of imidazole rings is 1. The molecule has 0 aliphatic heterocycles. The van der Waals surface area contributed by atoms with Crippen molar-refractivity contribution < 1.29 is 4.74 Å². The SMILES string of the molecule is COc1ccc(Cl)cc1-n1c(C(C)Cl)nc2cccnc21. The Morgan fingerprint density at radius 1 is 1.29 bits per heavy atom. The average molecular weight is 322 g/mol. The lowest BCUT2D eigenvalue weighted by molar-refractivity contribution is 0.412. The van der Waals surface area contributed by atoms with Gasteiger partial charge in [0.25, 0.3) is 0 Å². The third kappa shape index (κ3) is 2.45. The summed E-state index contributed by atoms with van der Waals surface area (Å²) < 4.78 is 7.32. The highest BCUT2D eigenvalue weighted by atomic mass is 35.5. The summed E-state index contributed by atoms with van der Waals surface area (Å²) in [4.78, 5) is 8.97. The molecule has 6 heteroatoms. The molecule has 1 aromatic carbocycles. The van der Waals surface area contributed by atoms with Crippen LogP contribution in [0, 0.1) is 0 Å². The fraction of sp³-hybridized carbons (Fsp3) is 0.200. The summed E-state index contributed by atoms with van der Waals surface area (Å²) in [5.74, 6) is 1.38. The van der Waals surface area contributed by atoms with Crippen molar-refractivity contribution in [1.82, 2.24) is 14.5 Å². The fourth-order valence-electron chi connectivity index (χ4n) is 2.27. The summed E-state index contributed by atoms with van der Waals surface area (Å²) in [6, 6.07) is 9.16. The lowest BCUT2D eigenvalue weighted by atomic mass is 10.2. The molecule has 1 atom stereocenters. The Morgan fingerprint density at radius 2 is 2.10 bits per heavy atom. The van der Waals surface area contributed by atoms with Crippen molar-refractivity contribution in [3.05, 3.63) is 47.4 Å². The zero-order valence-electron chi connectivity index (χ0n) is 11.5. The van der Waals surface area contributed by atoms with Gasteiger partial charge in [-0.05, 0) is 37.3 Å². The van der Waals surface area contributed by atoms with E-state index in [2.05, 4.69) is 9.97 Å². The zero-order chi connectivity index (χ0) is 15.0. The normalized spacial score (nSPS) is 12.6. The number of fused-ring (bicyclic) bond motifs is 1. The van der Waals surface area contributed by atoms with Gasteiger partial charge in [-0.25, -0.2) is 9.97 Å². The van der Waals surface area contributed by atoms with Gasteiger partial charge in [-0.2, -0.15) is 0 Å². The molecule has 3 aromatic rings. The third-order valence-electron chi connectivity index (χ3n) is 3.18. The molecule has 0 N–H and O–H groups in total. The summed E-state index contributed by atoms with van der Waals surface area (Å²) >= 11 is 12.4. The largest absolute Gasteiger partial charge is 0.495 e. The Morgan fingerprint density at radius 3 is 2.81 bits per heavy atom. The second-order valence-electron chi connectivity index (χ2n) is 4.58. The van der Waals surface area contributed by atoms with Gasteiger partial charge in [-0.3, -0.25) is 4.57 Å². The fourth-order valence-corrected chi connectivity index (χ4v) is 2.58. The van der Waals surface area contributed by atoms with Gasteiger partial charge in [-0.1, -0.05) is 11.6 Å². The first-order valence-electron chi connectivity index (χ1n) is 6.43. The van der Waals surface area contributed by atoms with Gasteiger partial charge in [-0.15, -0.1) is 11.6 Å². The molecule has 2 aromatic heterocycles. The molecule has 0 fully saturated rings. The number of aromatic nitrogens is 3. The maximum Gasteiger partial charge on any atom is 0.164 e. The van der Waals surface area contributed by atoms with Crippen LogP contribution in [0.2, 0.25) is 5.02 Å². The average Bonchev–Trinajstić information content (AvgIpc) is 2.86. The highest BCUT2D eigenvalue weighted by molar-refractivity contribution is 6.30. The minimum absolute atomic E-state index is 0.275. The molecule has 1 unspecified atom stereocenters. The number of rotatable bonds is 3. The number of nitrogens with zero attached hydrogens (tertiary/aromatic N) is 3. The Bertz CT molecular complexity index is 799. The Kier molecular flexibility index (Phi) is 3.74. The highest BCUT2D eigenvalue weighted by Gasteiger charge is 2.19. The van der Waals surface area contributed by atoms with Crippen molar-refractivity contribution in [3.63, 3.8) is 0 Å². The maximum absolute atomic E-state index is 6.28. The van der Waals surface area contributed by atoms with Crippen LogP contribution < -0.4 is 4.74 Å². The summed E-state index contributed by atoms with van der Waals surface area (Å²) in [7, 11) is 1.61. The van der Waals surface area contributed by atoms with Gasteiger partial charge in [0.15, 0.2) is 5.65 Å². The van der Waals surface area contributed by atoms with E-state index >= 15 is 0 Å². The Hall–Kier alpha value is -1.78. The minimum Gasteiger partial charge on any atom is -0.495 e. The lowest BCUT2D eigenvalue weighted by Crippen LogP contribution is -2.04. The van der Waals surface area contributed by atoms with Crippen LogP contribution in [0.5, 0.6) is 5.75 Å². The van der Waals surface area contributed by atoms with Crippen LogP contribution in [0.25, 0.3) is 16.9 Å². The molecule has 0 saturated carbocycles. The first kappa shape index (κ1) is 14.2. The van der Waals surface area contributed by atoms with Crippen LogP contribution in [0.15, 0.2) is 36.5 Å². The quantitative estimate of drug-likeness (QED) is 0.672. The molecule has 3 rings (SSSR count). The van der Waals surface area contributed by atoms with Gasteiger partial charge in [0.1, 0.15) is 17.1 Å². The Balaban J connectivity index is 2.38. The van der Waals surface area contributed by atoms with Crippen molar-refractivity contribution in [2.45, 2.75) is 12.3 Å². The van der Waals surface area contributed by atoms with E-state index in [1.165, 1.54) is 0 Å². The number of hydrogen-bond donors (Lipinski definition) is 0. The molecule has 108 valence electrons. The molecule has 4 nitrogen and oxygen atoms in total. The monoisotopic (exact) mass is 321 g/mol. The predicted octanol–water partition coefficient (Wildman–Crippen LogP) is 4.38. The summed E-state index contributed by atoms with van der Waals surface area (Å²) in [6.07, 6.45) is 1.72. The van der Waals surface area contributed by atoms with Gasteiger partial charge < -0.3 is 4.74 Å². The van der Waals surface area contributed by atoms with E-state index in [0.29, 0.717) is 16.6 Å². The zero-order valence-corrected chi connectivity index (χ0v) is 13.1. The standard InChI is InChI=1S/C15H13Cl2N3O/c1-9(16)14-19-11-4-3-7-18-15(11)20(14)12-8-10(17)5-6-13(12)21-2/h3-9H,1-2H3. The van der Waals surface area contributed by atoms with Crippen molar-refractivity contribution in [1.29, 1.82) is 0 Å². The molecule has 0 aliphatic rings. The molecule has 0 aliphatic carbocycles. The van der Waals surface area contributed by atoms with Crippen LogP contribution >= 0.6 is 23.2 Å². The number of hydrogen-bond acceptors (Lipinski definition) is 3. The third-order valence-corrected chi connectivity index (χ3v) is 3.61. The van der Waals surface area contributed by atoms with Gasteiger partial charge in [0, 0.05) is 11.2 Å². The van der Waals surface area contributed by atoms with Crippen molar-refractivity contribution in [2.75, 3.05) is 7.11 Å². The van der Waals surface area contributed by atoms with Gasteiger partial charge in [0.05, 0.1) is 18.2 Å². The molecule has 0 saturated heterocycles. The number of halogens is 2. The van der Waals surface area contributed by atoms with Crippen LogP contribution in [-0.4, -0.2) is 21.6 Å². The molecule has 2 heterocycles. The first-order chi connectivity index (χ1) is 10.1. The second kappa shape index (κ2) is 5.54. The van der Waals surface area contributed by atoms with E-state index < -0.39 is 0 Å². The van der Waals surface area contributed by atoms with E-state index in [1.807, 2.05) is 35.8 Å². The van der Waals surface area contributed by atoms with Gasteiger partial charge in [0.2, 0.25) is 0 Å². The molecule has 0 bridgehead atoms. The molecule has 21 heavy (non-hydrogen) atoms. The number of alkyl halides is 1. The maximum atomic E-state index is 6.28. The van der Waals surface area contributed by atoms with Crippen molar-refractivity contribution in [3.8, 4) is 11.4 Å². The first-order valence-corrected chi connectivity index (χ1v) is 7.24. The van der Waals surface area contributed by atoms with E-state index in [-0.39, 0.29) is 5.38 Å². The minimum atomic E-state index is -0.275. The topological polar surface area (TPSA) is 39.9 Å². The Labute approximate surface area is 132 Å². The van der Waals surface area contributed by atoms with Crippen LogP contribution in [0.3, 0.4) is 0 Å². The molecule has 0 amide bonds. The number of methoxy groups -OCH3 is 1. The van der Waals surface area contributed by atoms with Crippen molar-refractivity contribution >= 4 is 34.4 Å². The molecular weight excluding hydrogens is 309 g/mol. The second-order valence-corrected chi connectivity index (χ2v) is 5.67. The number of pyridine rings is 1. The molecule has 0 radical (unpaired) electrons. The smallest absolute Gasteiger partial charge is 0.164 e. The summed E-state index contributed by atoms with van der Waals surface area (Å²) in [6.45, 7) is 1.87. The summed E-state index contributed by atoms with van der Waals surface area (Å²) in [5.41, 5.74) is 2.27. The lowest BCUT2D eigenvalue weighted by Gasteiger charge is -2.14. The van der Waals surface area contributed by atoms with Crippen molar-refractivity contribution in [2.24, 2.45) is 0 Å². The number of benzene rings is 1. The van der Waals surface area contributed by atoms with E-state index in [9.17, 15) is 0 Å². The number of ether oxygens (including phenoxy) is 1. The van der Waals surface area contributed by atoms with Gasteiger partial charge >= 0.3 is 0 Å². The van der Waals surface area contributed by atoms with Crippen LogP contribution in [0.1, 0.15) is 18.1 Å². The van der Waals surface area contributed by atoms with E-state index in [4.69, 9.17) is 27.9 Å². The molecule has 0 spiro atoms. The van der Waals surface area contributed by atoms with Crippen LogP contribution in [0.4, 0.5) is 0 Å². The molecular formula is C15H13Cl2N3O. The van der Waals surface area contributed by atoms with E-state index in [0.717, 1.165) is 16.9 Å².